The fourth-order valence-corrected chi connectivity index (χ4v) is 1.47. The Balaban J connectivity index is 3.16. The van der Waals surface area contributed by atoms with Crippen LogP contribution >= 0.6 is 0 Å². The molecule has 0 spiro atoms. The third-order valence-corrected chi connectivity index (χ3v) is 2.37. The van der Waals surface area contributed by atoms with Gasteiger partial charge < -0.3 is 10.6 Å². The second-order valence-electron chi connectivity index (χ2n) is 4.07. The van der Waals surface area contributed by atoms with Gasteiger partial charge in [-0.1, -0.05) is 6.92 Å². The maximum absolute atomic E-state index is 11.8. The highest BCUT2D eigenvalue weighted by atomic mass is 19.4. The summed E-state index contributed by atoms with van der Waals surface area (Å²) in [7, 11) is 0. The molecule has 0 aliphatic heterocycles. The van der Waals surface area contributed by atoms with Crippen molar-refractivity contribution in [2.75, 3.05) is 19.6 Å². The molecule has 16 heavy (non-hydrogen) atoms. The van der Waals surface area contributed by atoms with Gasteiger partial charge in [-0.05, 0) is 45.8 Å². The molecule has 0 rings (SSSR count). The van der Waals surface area contributed by atoms with Crippen molar-refractivity contribution in [1.82, 2.24) is 10.6 Å². The van der Waals surface area contributed by atoms with Crippen LogP contribution in [0.2, 0.25) is 0 Å². The number of hydrogen-bond acceptors (Lipinski definition) is 2. The van der Waals surface area contributed by atoms with Crippen molar-refractivity contribution in [2.24, 2.45) is 0 Å². The fraction of sp³-hybridized carbons (Fsp3) is 1.00. The lowest BCUT2D eigenvalue weighted by molar-refractivity contribution is -0.135. The van der Waals surface area contributed by atoms with Crippen molar-refractivity contribution < 1.29 is 13.2 Å². The van der Waals surface area contributed by atoms with Crippen LogP contribution in [0.25, 0.3) is 0 Å². The maximum Gasteiger partial charge on any atom is 0.389 e. The summed E-state index contributed by atoms with van der Waals surface area (Å²) in [6, 6.07) is 0.465. The van der Waals surface area contributed by atoms with E-state index >= 15 is 0 Å². The molecule has 0 fully saturated rings. The second-order valence-corrected chi connectivity index (χ2v) is 4.07. The number of nitrogens with one attached hydrogen (secondary N) is 2. The van der Waals surface area contributed by atoms with Gasteiger partial charge in [0.1, 0.15) is 0 Å². The second kappa shape index (κ2) is 8.82. The lowest BCUT2D eigenvalue weighted by Crippen LogP contribution is -2.30. The number of hydrogen-bond donors (Lipinski definition) is 2. The van der Waals surface area contributed by atoms with Gasteiger partial charge in [0.25, 0.3) is 0 Å². The molecule has 0 aliphatic rings. The number of halogens is 3. The van der Waals surface area contributed by atoms with E-state index in [0.717, 1.165) is 19.5 Å². The van der Waals surface area contributed by atoms with E-state index in [-0.39, 0.29) is 6.42 Å². The minimum absolute atomic E-state index is 0.221. The molecule has 2 N–H and O–H groups in total. The normalized spacial score (nSPS) is 14.1. The van der Waals surface area contributed by atoms with Crippen LogP contribution in [0.15, 0.2) is 0 Å². The third kappa shape index (κ3) is 11.8. The zero-order chi connectivity index (χ0) is 12.4. The number of rotatable bonds is 9. The summed E-state index contributed by atoms with van der Waals surface area (Å²) in [6.07, 6.45) is -2.84. The van der Waals surface area contributed by atoms with Gasteiger partial charge in [0.2, 0.25) is 0 Å². The minimum atomic E-state index is -4.00. The van der Waals surface area contributed by atoms with E-state index in [0.29, 0.717) is 19.0 Å². The molecule has 5 heteroatoms. The van der Waals surface area contributed by atoms with Gasteiger partial charge in [0.15, 0.2) is 0 Å². The Bertz CT molecular complexity index is 160. The molecule has 1 atom stereocenters. The van der Waals surface area contributed by atoms with E-state index in [1.165, 1.54) is 0 Å². The lowest BCUT2D eigenvalue weighted by Gasteiger charge is -2.12. The molecule has 0 aromatic rings. The van der Waals surface area contributed by atoms with E-state index < -0.39 is 12.6 Å². The zero-order valence-electron chi connectivity index (χ0n) is 10.2. The topological polar surface area (TPSA) is 24.1 Å². The number of alkyl halides is 3. The van der Waals surface area contributed by atoms with E-state index in [4.69, 9.17) is 0 Å². The molecule has 0 bridgehead atoms. The van der Waals surface area contributed by atoms with E-state index in [9.17, 15) is 13.2 Å². The van der Waals surface area contributed by atoms with Crippen molar-refractivity contribution in [1.29, 1.82) is 0 Å². The molecule has 0 aliphatic carbocycles. The molecule has 0 saturated heterocycles. The molecular formula is C11H23F3N2. The summed E-state index contributed by atoms with van der Waals surface area (Å²) in [5, 5.41) is 6.43. The maximum atomic E-state index is 11.8. The summed E-state index contributed by atoms with van der Waals surface area (Å²) in [6.45, 7) is 6.65. The first-order valence-corrected chi connectivity index (χ1v) is 5.96. The summed E-state index contributed by atoms with van der Waals surface area (Å²) < 4.78 is 35.4. The monoisotopic (exact) mass is 240 g/mol. The standard InChI is InChI=1S/C11H23F3N2/c1-3-16-10(2)6-9-15-8-5-4-7-11(12,13)14/h10,15-16H,3-9H2,1-2H3. The highest BCUT2D eigenvalue weighted by molar-refractivity contribution is 4.61. The zero-order valence-corrected chi connectivity index (χ0v) is 10.2. The molecule has 1 unspecified atom stereocenters. The molecule has 0 aromatic carbocycles. The van der Waals surface area contributed by atoms with Crippen LogP contribution in [0.3, 0.4) is 0 Å². The van der Waals surface area contributed by atoms with Gasteiger partial charge >= 0.3 is 6.18 Å². The van der Waals surface area contributed by atoms with Gasteiger partial charge in [0, 0.05) is 12.5 Å². The predicted molar refractivity (Wildman–Crippen MR) is 60.5 cm³/mol. The largest absolute Gasteiger partial charge is 0.389 e. The Morgan fingerprint density at radius 3 is 2.38 bits per heavy atom. The summed E-state index contributed by atoms with van der Waals surface area (Å²) in [5.41, 5.74) is 0. The van der Waals surface area contributed by atoms with E-state index in [1.54, 1.807) is 0 Å². The van der Waals surface area contributed by atoms with Crippen LogP contribution < -0.4 is 10.6 Å². The average molecular weight is 240 g/mol. The van der Waals surface area contributed by atoms with Gasteiger partial charge in [-0.25, -0.2) is 0 Å². The van der Waals surface area contributed by atoms with Crippen molar-refractivity contribution in [2.45, 2.75) is 51.7 Å². The average Bonchev–Trinajstić information content (AvgIpc) is 2.15. The Hall–Kier alpha value is -0.290. The lowest BCUT2D eigenvalue weighted by atomic mass is 10.2. The molecule has 0 heterocycles. The molecule has 0 amide bonds. The van der Waals surface area contributed by atoms with E-state index in [1.807, 2.05) is 0 Å². The molecule has 0 radical (unpaired) electrons. The first kappa shape index (κ1) is 15.7. The highest BCUT2D eigenvalue weighted by Crippen LogP contribution is 2.21. The van der Waals surface area contributed by atoms with Gasteiger partial charge in [-0.15, -0.1) is 0 Å². The van der Waals surface area contributed by atoms with Gasteiger partial charge in [-0.2, -0.15) is 13.2 Å². The summed E-state index contributed by atoms with van der Waals surface area (Å²) >= 11 is 0. The third-order valence-electron chi connectivity index (χ3n) is 2.37. The van der Waals surface area contributed by atoms with Crippen LogP contribution in [0.1, 0.15) is 39.5 Å². The Labute approximate surface area is 96.0 Å². The molecule has 0 saturated carbocycles. The fourth-order valence-electron chi connectivity index (χ4n) is 1.47. The van der Waals surface area contributed by atoms with Gasteiger partial charge in [0.05, 0.1) is 0 Å². The highest BCUT2D eigenvalue weighted by Gasteiger charge is 2.25. The van der Waals surface area contributed by atoms with Gasteiger partial charge in [-0.3, -0.25) is 0 Å². The number of unbranched alkanes of at least 4 members (excludes halogenated alkanes) is 1. The molecular weight excluding hydrogens is 217 g/mol. The summed E-state index contributed by atoms with van der Waals surface area (Å²) in [5.74, 6) is 0. The quantitative estimate of drug-likeness (QED) is 0.605. The molecule has 2 nitrogen and oxygen atoms in total. The summed E-state index contributed by atoms with van der Waals surface area (Å²) in [4.78, 5) is 0. The van der Waals surface area contributed by atoms with Crippen LogP contribution in [0.5, 0.6) is 0 Å². The van der Waals surface area contributed by atoms with Crippen LogP contribution in [0, 0.1) is 0 Å². The predicted octanol–water partition coefficient (Wildman–Crippen LogP) is 2.70. The SMILES string of the molecule is CCNC(C)CCNCCCCC(F)(F)F. The Kier molecular flexibility index (Phi) is 8.66. The van der Waals surface area contributed by atoms with Crippen molar-refractivity contribution in [3.05, 3.63) is 0 Å². The van der Waals surface area contributed by atoms with Crippen LogP contribution in [-0.4, -0.2) is 31.9 Å². The molecule has 98 valence electrons. The molecule has 0 aromatic heterocycles. The van der Waals surface area contributed by atoms with Crippen molar-refractivity contribution >= 4 is 0 Å². The van der Waals surface area contributed by atoms with Crippen LogP contribution in [-0.2, 0) is 0 Å². The van der Waals surface area contributed by atoms with E-state index in [2.05, 4.69) is 24.5 Å². The van der Waals surface area contributed by atoms with Crippen molar-refractivity contribution in [3.8, 4) is 0 Å². The minimum Gasteiger partial charge on any atom is -0.317 e. The van der Waals surface area contributed by atoms with Crippen LogP contribution in [0.4, 0.5) is 13.2 Å². The van der Waals surface area contributed by atoms with Crippen molar-refractivity contribution in [3.63, 3.8) is 0 Å². The smallest absolute Gasteiger partial charge is 0.317 e. The first-order valence-electron chi connectivity index (χ1n) is 5.96. The Morgan fingerprint density at radius 2 is 1.81 bits per heavy atom. The Morgan fingerprint density at radius 1 is 1.12 bits per heavy atom. The first-order chi connectivity index (χ1) is 7.45.